The first-order chi connectivity index (χ1) is 16.4. The van der Waals surface area contributed by atoms with Gasteiger partial charge < -0.3 is 5.32 Å². The molecule has 1 N–H and O–H groups in total. The van der Waals surface area contributed by atoms with Gasteiger partial charge >= 0.3 is 59.7 Å². The third-order valence-corrected chi connectivity index (χ3v) is 4.49. The lowest BCUT2D eigenvalue weighted by Crippen LogP contribution is -2.75. The topological polar surface area (TPSA) is 29.1 Å². The molecule has 22 heteroatoms. The second-order valence-corrected chi connectivity index (χ2v) is 7.02. The molecular weight excluding hydrogens is 602 g/mol. The van der Waals surface area contributed by atoms with E-state index in [1.165, 1.54) is 0 Å². The van der Waals surface area contributed by atoms with E-state index < -0.39 is 71.0 Å². The molecule has 0 atom stereocenters. The highest BCUT2D eigenvalue weighted by Gasteiger charge is 2.95. The van der Waals surface area contributed by atoms with Crippen LogP contribution >= 0.6 is 0 Å². The fourth-order valence-corrected chi connectivity index (χ4v) is 2.35. The number of benzene rings is 1. The molecular formula is C16H5F20NO. The van der Waals surface area contributed by atoms with Crippen LogP contribution in [0.3, 0.4) is 0 Å². The van der Waals surface area contributed by atoms with Gasteiger partial charge in [0.1, 0.15) is 0 Å². The third-order valence-electron chi connectivity index (χ3n) is 4.49. The second-order valence-electron chi connectivity index (χ2n) is 7.02. The van der Waals surface area contributed by atoms with Crippen molar-refractivity contribution in [1.82, 2.24) is 0 Å². The fourth-order valence-electron chi connectivity index (χ4n) is 2.35. The molecule has 0 saturated heterocycles. The Morgan fingerprint density at radius 1 is 0.500 bits per heavy atom. The van der Waals surface area contributed by atoms with Gasteiger partial charge in [-0.3, -0.25) is 4.79 Å². The number of carbonyl (C=O) groups excluding carboxylic acids is 1. The second kappa shape index (κ2) is 8.91. The summed E-state index contributed by atoms with van der Waals surface area (Å²) in [5.41, 5.74) is -4.11. The highest BCUT2D eigenvalue weighted by Crippen LogP contribution is 2.64. The minimum absolute atomic E-state index is 0.00435. The maximum Gasteiger partial charge on any atom is 0.460 e. The van der Waals surface area contributed by atoms with E-state index >= 15 is 0 Å². The largest absolute Gasteiger partial charge is 0.460 e. The number of halogens is 20. The molecule has 2 nitrogen and oxygen atoms in total. The van der Waals surface area contributed by atoms with Gasteiger partial charge in [-0.1, -0.05) is 12.1 Å². The van der Waals surface area contributed by atoms with E-state index in [9.17, 15) is 92.6 Å². The first-order valence-electron chi connectivity index (χ1n) is 8.56. The van der Waals surface area contributed by atoms with Gasteiger partial charge in [-0.25, -0.2) is 0 Å². The monoisotopic (exact) mass is 607 g/mol. The predicted octanol–water partition coefficient (Wildman–Crippen LogP) is 7.65. The minimum Gasteiger partial charge on any atom is -0.320 e. The van der Waals surface area contributed by atoms with Crippen molar-refractivity contribution in [3.8, 4) is 0 Å². The first kappa shape index (κ1) is 33.3. The molecule has 0 fully saturated rings. The zero-order chi connectivity index (χ0) is 30.8. The molecule has 220 valence electrons. The number of rotatable bonds is 8. The van der Waals surface area contributed by atoms with Crippen LogP contribution in [0.1, 0.15) is 5.56 Å². The molecule has 0 saturated carbocycles. The summed E-state index contributed by atoms with van der Waals surface area (Å²) in [5.74, 6) is -63.7. The average molecular weight is 607 g/mol. The number of carbonyl (C=O) groups is 1. The smallest absolute Gasteiger partial charge is 0.320 e. The maximum atomic E-state index is 13.8. The van der Waals surface area contributed by atoms with E-state index in [1.54, 1.807) is 0 Å². The Balaban J connectivity index is 3.64. The van der Waals surface area contributed by atoms with Gasteiger partial charge in [0.05, 0.1) is 11.3 Å². The van der Waals surface area contributed by atoms with Crippen LogP contribution in [-0.4, -0.2) is 53.5 Å². The summed E-state index contributed by atoms with van der Waals surface area (Å²) in [6.07, 6.45) is -13.5. The van der Waals surface area contributed by atoms with Gasteiger partial charge in [-0.05, 0) is 12.1 Å². The summed E-state index contributed by atoms with van der Waals surface area (Å²) in [5, 5.41) is 0.229. The average Bonchev–Trinajstić information content (AvgIpc) is 2.71. The van der Waals surface area contributed by atoms with Crippen LogP contribution in [0, 0.1) is 0 Å². The summed E-state index contributed by atoms with van der Waals surface area (Å²) >= 11 is 0. The van der Waals surface area contributed by atoms with E-state index in [0.717, 1.165) is 0 Å². The molecule has 0 aromatic heterocycles. The molecule has 1 aromatic rings. The Morgan fingerprint density at radius 2 is 0.842 bits per heavy atom. The van der Waals surface area contributed by atoms with Crippen LogP contribution < -0.4 is 5.32 Å². The van der Waals surface area contributed by atoms with E-state index in [4.69, 9.17) is 0 Å². The Bertz CT molecular complexity index is 1040. The number of nitrogens with one attached hydrogen (secondary N) is 1. The predicted molar refractivity (Wildman–Crippen MR) is 80.8 cm³/mol. The molecule has 0 aliphatic heterocycles. The van der Waals surface area contributed by atoms with Gasteiger partial charge in [0.25, 0.3) is 0 Å². The quantitative estimate of drug-likeness (QED) is 0.303. The number of alkyl halides is 20. The number of amides is 1. The summed E-state index contributed by atoms with van der Waals surface area (Å²) in [4.78, 5) is 11.4. The van der Waals surface area contributed by atoms with Gasteiger partial charge in [0, 0.05) is 0 Å². The number of hydrogen-bond donors (Lipinski definition) is 1. The number of hydrogen-bond acceptors (Lipinski definition) is 1. The van der Waals surface area contributed by atoms with E-state index in [1.807, 2.05) is 0 Å². The summed E-state index contributed by atoms with van der Waals surface area (Å²) < 4.78 is 263. The highest BCUT2D eigenvalue weighted by molar-refractivity contribution is 5.97. The molecule has 1 amide bonds. The van der Waals surface area contributed by atoms with Gasteiger partial charge in [0.15, 0.2) is 0 Å². The Morgan fingerprint density at radius 3 is 1.21 bits per heavy atom. The summed E-state index contributed by atoms with van der Waals surface area (Å²) in [7, 11) is 0. The summed E-state index contributed by atoms with van der Waals surface area (Å²) in [6, 6.07) is 0.903. The SMILES string of the molecule is O=C(Nc1ccccc1C(F)(F)F)C(F)(F)C(F)(F)C(F)(F)C(F)(F)C(F)(F)C(F)(F)C(F)(F)C(F)(F)F. The van der Waals surface area contributed by atoms with Gasteiger partial charge in [-0.15, -0.1) is 0 Å². The Labute approximate surface area is 194 Å². The van der Waals surface area contributed by atoms with Crippen LogP contribution in [0.25, 0.3) is 0 Å². The van der Waals surface area contributed by atoms with Crippen molar-refractivity contribution >= 4 is 11.6 Å². The van der Waals surface area contributed by atoms with Crippen molar-refractivity contribution < 1.29 is 92.6 Å². The van der Waals surface area contributed by atoms with Crippen molar-refractivity contribution in [2.45, 2.75) is 53.8 Å². The zero-order valence-electron chi connectivity index (χ0n) is 16.8. The molecule has 0 aliphatic carbocycles. The molecule has 1 rings (SSSR count). The maximum absolute atomic E-state index is 13.8. The standard InChI is InChI=1S/C16H5F20NO/c17-8(18,7(38)37-6-4-2-1-3-5(6)9(19,20)21)10(22,23)11(24,25)12(26,27)13(28,29)14(30,31)15(32,33)16(34,35)36/h1-4H,(H,37,38). The molecule has 0 spiro atoms. The van der Waals surface area contributed by atoms with Crippen molar-refractivity contribution in [2.24, 2.45) is 0 Å². The molecule has 0 aliphatic rings. The van der Waals surface area contributed by atoms with Gasteiger partial charge in [0.2, 0.25) is 0 Å². The molecule has 1 aromatic carbocycles. The van der Waals surface area contributed by atoms with E-state index in [0.29, 0.717) is 12.1 Å². The van der Waals surface area contributed by atoms with Crippen LogP contribution in [0.2, 0.25) is 0 Å². The fraction of sp³-hybridized carbons (Fsp3) is 0.562. The zero-order valence-corrected chi connectivity index (χ0v) is 16.8. The lowest BCUT2D eigenvalue weighted by molar-refractivity contribution is -0.459. The van der Waals surface area contributed by atoms with Crippen LogP contribution in [0.5, 0.6) is 0 Å². The Hall–Kier alpha value is -2.71. The van der Waals surface area contributed by atoms with Crippen LogP contribution in [0.15, 0.2) is 24.3 Å². The van der Waals surface area contributed by atoms with Crippen LogP contribution in [-0.2, 0) is 11.0 Å². The lowest BCUT2D eigenvalue weighted by atomic mass is 9.88. The van der Waals surface area contributed by atoms with Crippen molar-refractivity contribution in [2.75, 3.05) is 5.32 Å². The molecule has 0 bridgehead atoms. The third kappa shape index (κ3) is 4.56. The van der Waals surface area contributed by atoms with Crippen LogP contribution in [0.4, 0.5) is 93.5 Å². The molecule has 0 unspecified atom stereocenters. The highest BCUT2D eigenvalue weighted by atomic mass is 19.4. The number of anilines is 1. The van der Waals surface area contributed by atoms with Crippen molar-refractivity contribution in [3.63, 3.8) is 0 Å². The first-order valence-corrected chi connectivity index (χ1v) is 8.56. The van der Waals surface area contributed by atoms with Crippen molar-refractivity contribution in [3.05, 3.63) is 29.8 Å². The minimum atomic E-state index is -8.92. The normalized spacial score (nSPS) is 15.5. The summed E-state index contributed by atoms with van der Waals surface area (Å²) in [6.45, 7) is 0. The van der Waals surface area contributed by atoms with Crippen molar-refractivity contribution in [1.29, 1.82) is 0 Å². The Kier molecular flexibility index (Phi) is 7.82. The van der Waals surface area contributed by atoms with Gasteiger partial charge in [-0.2, -0.15) is 87.8 Å². The molecule has 0 radical (unpaired) electrons. The van der Waals surface area contributed by atoms with E-state index in [-0.39, 0.29) is 17.4 Å². The number of para-hydroxylation sites is 1. The van der Waals surface area contributed by atoms with E-state index in [2.05, 4.69) is 0 Å². The lowest BCUT2D eigenvalue weighted by Gasteiger charge is -2.42. The molecule has 0 heterocycles. The molecule has 38 heavy (non-hydrogen) atoms.